The number of aromatic nitrogens is 4. The predicted molar refractivity (Wildman–Crippen MR) is 105 cm³/mol. The molecule has 4 aromatic rings. The van der Waals surface area contributed by atoms with Gasteiger partial charge in [-0.05, 0) is 43.3 Å². The first kappa shape index (κ1) is 18.5. The third kappa shape index (κ3) is 4.35. The fourth-order valence-electron chi connectivity index (χ4n) is 2.43. The Hall–Kier alpha value is -2.84. The summed E-state index contributed by atoms with van der Waals surface area (Å²) in [6.07, 6.45) is 0. The van der Waals surface area contributed by atoms with Gasteiger partial charge >= 0.3 is 0 Å². The Kier molecular flexibility index (Phi) is 5.59. The highest BCUT2D eigenvalue weighted by atomic mass is 35.5. The molecule has 0 atom stereocenters. The normalized spacial score (nSPS) is 10.9. The highest BCUT2D eigenvalue weighted by molar-refractivity contribution is 7.98. The Bertz CT molecular complexity index is 1060. The molecule has 0 aliphatic heterocycles. The molecule has 0 bridgehead atoms. The molecule has 0 aliphatic carbocycles. The maximum Gasteiger partial charge on any atom is 0.277 e. The topological polar surface area (TPSA) is 87.1 Å². The lowest BCUT2D eigenvalue weighted by Gasteiger charge is -2.02. The highest BCUT2D eigenvalue weighted by Gasteiger charge is 2.13. The molecule has 0 aliphatic rings. The molecular formula is C19H15ClN4O3S. The molecule has 0 unspecified atom stereocenters. The van der Waals surface area contributed by atoms with E-state index in [9.17, 15) is 0 Å². The van der Waals surface area contributed by atoms with Gasteiger partial charge < -0.3 is 13.7 Å². The van der Waals surface area contributed by atoms with E-state index in [2.05, 4.69) is 20.3 Å². The van der Waals surface area contributed by atoms with Crippen molar-refractivity contribution in [3.63, 3.8) is 0 Å². The average Bonchev–Trinajstić information content (AvgIpc) is 3.37. The number of hydrogen-bond donors (Lipinski definition) is 0. The molecule has 7 nitrogen and oxygen atoms in total. The zero-order valence-electron chi connectivity index (χ0n) is 14.8. The van der Waals surface area contributed by atoms with Crippen molar-refractivity contribution in [2.75, 3.05) is 6.61 Å². The monoisotopic (exact) mass is 414 g/mol. The van der Waals surface area contributed by atoms with E-state index in [0.717, 1.165) is 16.9 Å². The number of nitrogens with zero attached hydrogens (tertiary/aromatic N) is 4. The minimum atomic E-state index is 0.415. The van der Waals surface area contributed by atoms with E-state index >= 15 is 0 Å². The van der Waals surface area contributed by atoms with Crippen LogP contribution in [0.3, 0.4) is 0 Å². The molecule has 0 radical (unpaired) electrons. The summed E-state index contributed by atoms with van der Waals surface area (Å²) in [6, 6.07) is 14.8. The molecule has 9 heteroatoms. The molecule has 2 heterocycles. The third-order valence-electron chi connectivity index (χ3n) is 3.69. The number of hydrogen-bond acceptors (Lipinski definition) is 8. The van der Waals surface area contributed by atoms with Gasteiger partial charge in [-0.15, -0.1) is 10.2 Å². The van der Waals surface area contributed by atoms with Gasteiger partial charge in [0.15, 0.2) is 0 Å². The fourth-order valence-corrected chi connectivity index (χ4v) is 3.22. The molecule has 2 aromatic heterocycles. The Labute approximate surface area is 170 Å². The molecule has 0 saturated heterocycles. The summed E-state index contributed by atoms with van der Waals surface area (Å²) < 4.78 is 16.4. The van der Waals surface area contributed by atoms with Crippen LogP contribution in [0.4, 0.5) is 0 Å². The van der Waals surface area contributed by atoms with Gasteiger partial charge in [-0.1, -0.05) is 40.7 Å². The lowest BCUT2D eigenvalue weighted by Crippen LogP contribution is -1.90. The van der Waals surface area contributed by atoms with Crippen molar-refractivity contribution in [1.82, 2.24) is 20.3 Å². The van der Waals surface area contributed by atoms with E-state index in [1.165, 1.54) is 11.8 Å². The van der Waals surface area contributed by atoms with Crippen LogP contribution in [-0.2, 0) is 5.75 Å². The largest absolute Gasteiger partial charge is 0.494 e. The molecule has 0 spiro atoms. The summed E-state index contributed by atoms with van der Waals surface area (Å²) in [5.41, 5.74) is 1.62. The summed E-state index contributed by atoms with van der Waals surface area (Å²) in [4.78, 5) is 4.37. The zero-order chi connectivity index (χ0) is 19.3. The summed E-state index contributed by atoms with van der Waals surface area (Å²) in [5.74, 6) is 2.60. The van der Waals surface area contributed by atoms with E-state index in [1.807, 2.05) is 43.3 Å². The van der Waals surface area contributed by atoms with Gasteiger partial charge in [0.2, 0.25) is 17.6 Å². The first-order valence-corrected chi connectivity index (χ1v) is 9.85. The molecule has 2 aromatic carbocycles. The second-order valence-corrected chi connectivity index (χ2v) is 7.00. The van der Waals surface area contributed by atoms with Gasteiger partial charge in [-0.25, -0.2) is 0 Å². The number of benzene rings is 2. The quantitative estimate of drug-likeness (QED) is 0.384. The maximum absolute atomic E-state index is 6.00. The summed E-state index contributed by atoms with van der Waals surface area (Å²) in [6.45, 7) is 2.56. The third-order valence-corrected chi connectivity index (χ3v) is 4.73. The van der Waals surface area contributed by atoms with Crippen molar-refractivity contribution in [3.05, 3.63) is 59.4 Å². The molecule has 0 N–H and O–H groups in total. The molecule has 0 saturated carbocycles. The van der Waals surface area contributed by atoms with Crippen LogP contribution in [-0.4, -0.2) is 26.9 Å². The summed E-state index contributed by atoms with van der Waals surface area (Å²) in [5, 5.41) is 13.1. The second-order valence-electron chi connectivity index (χ2n) is 5.64. The van der Waals surface area contributed by atoms with Crippen molar-refractivity contribution in [1.29, 1.82) is 0 Å². The smallest absolute Gasteiger partial charge is 0.277 e. The van der Waals surface area contributed by atoms with E-state index < -0.39 is 0 Å². The fraction of sp³-hybridized carbons (Fsp3) is 0.158. The Balaban J connectivity index is 1.40. The van der Waals surface area contributed by atoms with Crippen molar-refractivity contribution < 1.29 is 13.7 Å². The van der Waals surface area contributed by atoms with Gasteiger partial charge in [0.1, 0.15) is 5.75 Å². The predicted octanol–water partition coefficient (Wildman–Crippen LogP) is 5.13. The Morgan fingerprint density at radius 2 is 1.93 bits per heavy atom. The van der Waals surface area contributed by atoms with Crippen molar-refractivity contribution in [2.24, 2.45) is 0 Å². The van der Waals surface area contributed by atoms with E-state index in [4.69, 9.17) is 25.3 Å². The van der Waals surface area contributed by atoms with Gasteiger partial charge in [-0.3, -0.25) is 0 Å². The Morgan fingerprint density at radius 3 is 2.71 bits per heavy atom. The van der Waals surface area contributed by atoms with Crippen LogP contribution in [0.5, 0.6) is 5.75 Å². The van der Waals surface area contributed by atoms with Gasteiger partial charge in [0.05, 0.1) is 12.4 Å². The minimum Gasteiger partial charge on any atom is -0.494 e. The second kappa shape index (κ2) is 8.45. The van der Waals surface area contributed by atoms with E-state index in [0.29, 0.717) is 40.2 Å². The summed E-state index contributed by atoms with van der Waals surface area (Å²) >= 11 is 7.32. The number of thioether (sulfide) groups is 1. The summed E-state index contributed by atoms with van der Waals surface area (Å²) in [7, 11) is 0. The standard InChI is InChI=1S/C19H15ClN4O3S/c1-2-25-15-8-6-12(7-9-15)18-22-23-19(26-18)28-11-16-21-17(24-27-16)13-4-3-5-14(20)10-13/h3-10H,2,11H2,1H3. The number of halogens is 1. The van der Waals surface area contributed by atoms with Gasteiger partial charge in [0, 0.05) is 16.1 Å². The molecular weight excluding hydrogens is 400 g/mol. The van der Waals surface area contributed by atoms with Crippen LogP contribution in [0, 0.1) is 0 Å². The molecule has 28 heavy (non-hydrogen) atoms. The lowest BCUT2D eigenvalue weighted by molar-refractivity contribution is 0.340. The maximum atomic E-state index is 6.00. The lowest BCUT2D eigenvalue weighted by atomic mass is 10.2. The van der Waals surface area contributed by atoms with Crippen molar-refractivity contribution in [3.8, 4) is 28.6 Å². The van der Waals surface area contributed by atoms with Gasteiger partial charge in [-0.2, -0.15) is 4.98 Å². The first-order valence-electron chi connectivity index (χ1n) is 8.49. The van der Waals surface area contributed by atoms with Crippen LogP contribution >= 0.6 is 23.4 Å². The average molecular weight is 415 g/mol. The number of rotatable bonds is 7. The minimum absolute atomic E-state index is 0.415. The van der Waals surface area contributed by atoms with E-state index in [-0.39, 0.29) is 0 Å². The first-order chi connectivity index (χ1) is 13.7. The van der Waals surface area contributed by atoms with Crippen LogP contribution in [0.15, 0.2) is 62.7 Å². The van der Waals surface area contributed by atoms with Crippen molar-refractivity contribution >= 4 is 23.4 Å². The Morgan fingerprint density at radius 1 is 1.07 bits per heavy atom. The van der Waals surface area contributed by atoms with E-state index in [1.54, 1.807) is 12.1 Å². The number of ether oxygens (including phenoxy) is 1. The SMILES string of the molecule is CCOc1ccc(-c2nnc(SCc3nc(-c4cccc(Cl)c4)no3)o2)cc1. The molecule has 0 amide bonds. The van der Waals surface area contributed by atoms with Crippen LogP contribution in [0.2, 0.25) is 5.02 Å². The van der Waals surface area contributed by atoms with Gasteiger partial charge in [0.25, 0.3) is 5.22 Å². The molecule has 0 fully saturated rings. The van der Waals surface area contributed by atoms with Crippen molar-refractivity contribution in [2.45, 2.75) is 17.9 Å². The molecule has 142 valence electrons. The molecule has 4 rings (SSSR count). The van der Waals surface area contributed by atoms with Crippen LogP contribution < -0.4 is 4.74 Å². The van der Waals surface area contributed by atoms with Crippen LogP contribution in [0.1, 0.15) is 12.8 Å². The highest BCUT2D eigenvalue weighted by Crippen LogP contribution is 2.27. The van der Waals surface area contributed by atoms with Crippen LogP contribution in [0.25, 0.3) is 22.8 Å². The zero-order valence-corrected chi connectivity index (χ0v) is 16.4.